The molecule has 1 saturated carbocycles. The monoisotopic (exact) mass is 473 g/mol. The Hall–Kier alpha value is -2.90. The number of carbonyl (C=O) groups is 1. The molecule has 1 aromatic carbocycles. The Labute approximate surface area is 206 Å². The van der Waals surface area contributed by atoms with Gasteiger partial charge in [-0.25, -0.2) is 4.52 Å². The second kappa shape index (κ2) is 8.64. The third-order valence-corrected chi connectivity index (χ3v) is 8.11. The molecule has 7 heteroatoms. The zero-order chi connectivity index (χ0) is 24.2. The molecule has 1 unspecified atom stereocenters. The lowest BCUT2D eigenvalue weighted by Gasteiger charge is -2.36. The predicted molar refractivity (Wildman–Crippen MR) is 137 cm³/mol. The second-order valence-electron chi connectivity index (χ2n) is 10.8. The third-order valence-electron chi connectivity index (χ3n) is 8.11. The molecule has 4 heterocycles. The molecular weight excluding hydrogens is 438 g/mol. The highest BCUT2D eigenvalue weighted by Crippen LogP contribution is 2.35. The molecule has 6 rings (SSSR count). The van der Waals surface area contributed by atoms with Crippen molar-refractivity contribution in [3.63, 3.8) is 0 Å². The Bertz CT molecular complexity index is 1220. The molecule has 0 spiro atoms. The van der Waals surface area contributed by atoms with Crippen LogP contribution >= 0.6 is 0 Å². The molecule has 1 atom stereocenters. The van der Waals surface area contributed by atoms with Gasteiger partial charge in [0, 0.05) is 69.2 Å². The minimum absolute atomic E-state index is 0.289. The SMILES string of the molecule is CC(C)N1CCC(O)(c2ccc(-c3cc4c(N5CCN(C(=O)C6CC6)CC5)ccnn4c3)cc2)C1. The number of piperazine rings is 1. The number of benzene rings is 1. The minimum Gasteiger partial charge on any atom is -0.384 e. The Kier molecular flexibility index (Phi) is 5.57. The second-order valence-corrected chi connectivity index (χ2v) is 10.8. The van der Waals surface area contributed by atoms with E-state index in [1.807, 2.05) is 15.6 Å². The van der Waals surface area contributed by atoms with Crippen LogP contribution in [0.3, 0.4) is 0 Å². The van der Waals surface area contributed by atoms with Gasteiger partial charge < -0.3 is 14.9 Å². The molecule has 35 heavy (non-hydrogen) atoms. The number of likely N-dealkylation sites (tertiary alicyclic amines) is 1. The minimum atomic E-state index is -0.772. The van der Waals surface area contributed by atoms with E-state index >= 15 is 0 Å². The van der Waals surface area contributed by atoms with Gasteiger partial charge in [-0.1, -0.05) is 24.3 Å². The largest absolute Gasteiger partial charge is 0.384 e. The predicted octanol–water partition coefficient (Wildman–Crippen LogP) is 3.36. The normalized spacial score (nSPS) is 23.5. The molecule has 1 aliphatic carbocycles. The molecule has 2 aromatic heterocycles. The molecule has 0 bridgehead atoms. The highest BCUT2D eigenvalue weighted by Gasteiger charge is 2.38. The van der Waals surface area contributed by atoms with Crippen molar-refractivity contribution in [1.29, 1.82) is 0 Å². The number of hydrogen-bond donors (Lipinski definition) is 1. The quantitative estimate of drug-likeness (QED) is 0.616. The maximum absolute atomic E-state index is 12.4. The van der Waals surface area contributed by atoms with E-state index in [2.05, 4.69) is 71.3 Å². The van der Waals surface area contributed by atoms with Gasteiger partial charge in [-0.3, -0.25) is 9.69 Å². The van der Waals surface area contributed by atoms with E-state index in [1.54, 1.807) is 0 Å². The maximum atomic E-state index is 12.4. The van der Waals surface area contributed by atoms with Crippen molar-refractivity contribution >= 4 is 17.1 Å². The van der Waals surface area contributed by atoms with E-state index in [1.165, 1.54) is 0 Å². The van der Waals surface area contributed by atoms with Crippen LogP contribution in [0, 0.1) is 5.92 Å². The number of aliphatic hydroxyl groups is 1. The zero-order valence-electron chi connectivity index (χ0n) is 20.7. The summed E-state index contributed by atoms with van der Waals surface area (Å²) in [5.41, 5.74) is 4.69. The van der Waals surface area contributed by atoms with Crippen LogP contribution in [0.15, 0.2) is 48.8 Å². The van der Waals surface area contributed by atoms with Gasteiger partial charge >= 0.3 is 0 Å². The van der Waals surface area contributed by atoms with Gasteiger partial charge in [0.15, 0.2) is 0 Å². The summed E-state index contributed by atoms with van der Waals surface area (Å²) in [6, 6.07) is 13.1. The number of hydrogen-bond acceptors (Lipinski definition) is 5. The smallest absolute Gasteiger partial charge is 0.225 e. The van der Waals surface area contributed by atoms with Crippen molar-refractivity contribution in [3.05, 3.63) is 54.4 Å². The topological polar surface area (TPSA) is 64.3 Å². The lowest BCUT2D eigenvalue weighted by atomic mass is 9.91. The van der Waals surface area contributed by atoms with E-state index in [-0.39, 0.29) is 5.92 Å². The summed E-state index contributed by atoms with van der Waals surface area (Å²) in [6.45, 7) is 9.25. The van der Waals surface area contributed by atoms with Crippen LogP contribution in [0.4, 0.5) is 5.69 Å². The summed E-state index contributed by atoms with van der Waals surface area (Å²) in [5.74, 6) is 0.634. The lowest BCUT2D eigenvalue weighted by Crippen LogP contribution is -2.49. The summed E-state index contributed by atoms with van der Waals surface area (Å²) >= 11 is 0. The Morgan fingerprint density at radius 2 is 1.77 bits per heavy atom. The molecule has 0 radical (unpaired) electrons. The number of fused-ring (bicyclic) bond motifs is 1. The molecule has 3 fully saturated rings. The number of β-amino-alcohol motifs (C(OH)–C–C–N with tert-alkyl or cyclic N) is 1. The summed E-state index contributed by atoms with van der Waals surface area (Å²) in [7, 11) is 0. The fraction of sp³-hybridized carbons (Fsp3) is 0.500. The molecule has 7 nitrogen and oxygen atoms in total. The first-order valence-electron chi connectivity index (χ1n) is 13.0. The molecule has 2 saturated heterocycles. The average molecular weight is 474 g/mol. The van der Waals surface area contributed by atoms with Gasteiger partial charge in [-0.05, 0) is 56.4 Å². The van der Waals surface area contributed by atoms with Crippen LogP contribution < -0.4 is 4.90 Å². The van der Waals surface area contributed by atoms with Crippen LogP contribution in [0.5, 0.6) is 0 Å². The summed E-state index contributed by atoms with van der Waals surface area (Å²) in [5, 5.41) is 15.8. The van der Waals surface area contributed by atoms with Gasteiger partial charge in [0.25, 0.3) is 0 Å². The van der Waals surface area contributed by atoms with Crippen molar-refractivity contribution in [2.24, 2.45) is 5.92 Å². The number of rotatable bonds is 5. The van der Waals surface area contributed by atoms with Crippen molar-refractivity contribution in [2.75, 3.05) is 44.2 Å². The maximum Gasteiger partial charge on any atom is 0.225 e. The molecular formula is C28H35N5O2. The van der Waals surface area contributed by atoms with Gasteiger partial charge in [0.05, 0.1) is 11.2 Å². The van der Waals surface area contributed by atoms with Crippen LogP contribution in [0.2, 0.25) is 0 Å². The van der Waals surface area contributed by atoms with Crippen LogP contribution in [-0.4, -0.2) is 75.7 Å². The van der Waals surface area contributed by atoms with E-state index in [9.17, 15) is 9.90 Å². The third kappa shape index (κ3) is 4.21. The average Bonchev–Trinajstić information content (AvgIpc) is 3.50. The van der Waals surface area contributed by atoms with Crippen LogP contribution in [0.25, 0.3) is 16.6 Å². The molecule has 184 valence electrons. The van der Waals surface area contributed by atoms with Crippen molar-refractivity contribution in [3.8, 4) is 11.1 Å². The van der Waals surface area contributed by atoms with E-state index in [4.69, 9.17) is 0 Å². The van der Waals surface area contributed by atoms with Gasteiger partial charge in [-0.2, -0.15) is 5.10 Å². The highest BCUT2D eigenvalue weighted by molar-refractivity contribution is 5.82. The van der Waals surface area contributed by atoms with E-state index in [0.29, 0.717) is 18.5 Å². The summed E-state index contributed by atoms with van der Waals surface area (Å²) in [6.07, 6.45) is 6.83. The summed E-state index contributed by atoms with van der Waals surface area (Å²) in [4.78, 5) is 19.2. The Morgan fingerprint density at radius 3 is 2.43 bits per heavy atom. The first-order valence-corrected chi connectivity index (χ1v) is 13.0. The van der Waals surface area contributed by atoms with Gasteiger partial charge in [0.1, 0.15) is 5.60 Å². The number of amides is 1. The van der Waals surface area contributed by atoms with Crippen molar-refractivity contribution in [1.82, 2.24) is 19.4 Å². The van der Waals surface area contributed by atoms with E-state index in [0.717, 1.165) is 79.9 Å². The first-order chi connectivity index (χ1) is 16.9. The number of nitrogens with zero attached hydrogens (tertiary/aromatic N) is 5. The first kappa shape index (κ1) is 22.6. The Balaban J connectivity index is 1.20. The van der Waals surface area contributed by atoms with Gasteiger partial charge in [0.2, 0.25) is 5.91 Å². The molecule has 3 aliphatic rings. The van der Waals surface area contributed by atoms with Crippen molar-refractivity contribution in [2.45, 2.75) is 44.8 Å². The van der Waals surface area contributed by atoms with Crippen LogP contribution in [-0.2, 0) is 10.4 Å². The fourth-order valence-electron chi connectivity index (χ4n) is 5.65. The zero-order valence-corrected chi connectivity index (χ0v) is 20.7. The lowest BCUT2D eigenvalue weighted by molar-refractivity contribution is -0.132. The Morgan fingerprint density at radius 1 is 1.03 bits per heavy atom. The molecule has 1 N–H and O–H groups in total. The standard InChI is InChI=1S/C28H35N5O2/c1-20(2)32-12-10-28(35,19-32)24-7-5-21(6-8-24)23-17-26-25(9-11-29-33(26)18-23)30-13-15-31(16-14-30)27(34)22-3-4-22/h5-9,11,17-18,20,22,35H,3-4,10,12-16,19H2,1-2H3. The van der Waals surface area contributed by atoms with Crippen molar-refractivity contribution < 1.29 is 9.90 Å². The van der Waals surface area contributed by atoms with E-state index < -0.39 is 5.60 Å². The fourth-order valence-corrected chi connectivity index (χ4v) is 5.65. The number of aromatic nitrogens is 2. The van der Waals surface area contributed by atoms with Crippen LogP contribution in [0.1, 0.15) is 38.7 Å². The summed E-state index contributed by atoms with van der Waals surface area (Å²) < 4.78 is 1.95. The molecule has 1 amide bonds. The number of anilines is 1. The molecule has 3 aromatic rings. The van der Waals surface area contributed by atoms with Gasteiger partial charge in [-0.15, -0.1) is 0 Å². The number of carbonyl (C=O) groups excluding carboxylic acids is 1. The molecule has 2 aliphatic heterocycles. The highest BCUT2D eigenvalue weighted by atomic mass is 16.3.